The lowest BCUT2D eigenvalue weighted by atomic mass is 10.1. The quantitative estimate of drug-likeness (QED) is 0.706. The molecule has 0 amide bonds. The lowest BCUT2D eigenvalue weighted by Gasteiger charge is -2.13. The van der Waals surface area contributed by atoms with Crippen LogP contribution in [0, 0.1) is 0 Å². The van der Waals surface area contributed by atoms with Crippen LogP contribution in [0.1, 0.15) is 46.1 Å². The van der Waals surface area contributed by atoms with Crippen LogP contribution in [0.5, 0.6) is 5.75 Å². The van der Waals surface area contributed by atoms with Crippen LogP contribution in [0.15, 0.2) is 29.8 Å². The first-order valence-corrected chi connectivity index (χ1v) is 7.33. The first-order chi connectivity index (χ1) is 9.17. The van der Waals surface area contributed by atoms with E-state index in [1.807, 2.05) is 12.1 Å². The van der Waals surface area contributed by atoms with Crippen LogP contribution in [0.25, 0.3) is 6.08 Å². The summed E-state index contributed by atoms with van der Waals surface area (Å²) < 4.78 is 5.85. The van der Waals surface area contributed by atoms with E-state index in [1.165, 1.54) is 17.6 Å². The first kappa shape index (κ1) is 15.8. The zero-order valence-electron chi connectivity index (χ0n) is 12.7. The van der Waals surface area contributed by atoms with Gasteiger partial charge in [0.15, 0.2) is 0 Å². The standard InChI is InChI=1S/C17H27NO/c1-5-11-18-13-15(6-2)12-16-9-7-8-10-17(16)19-14(3)4/h7-10,12,14,18H,5-6,11,13H2,1-4H3. The second-order valence-electron chi connectivity index (χ2n) is 5.04. The minimum absolute atomic E-state index is 0.206. The maximum absolute atomic E-state index is 5.85. The van der Waals surface area contributed by atoms with Crippen molar-refractivity contribution < 1.29 is 4.74 Å². The molecule has 1 rings (SSSR count). The van der Waals surface area contributed by atoms with Gasteiger partial charge in [0.1, 0.15) is 5.75 Å². The smallest absolute Gasteiger partial charge is 0.126 e. The van der Waals surface area contributed by atoms with Crippen molar-refractivity contribution in [1.82, 2.24) is 5.32 Å². The maximum Gasteiger partial charge on any atom is 0.126 e. The van der Waals surface area contributed by atoms with Crippen LogP contribution >= 0.6 is 0 Å². The average Bonchev–Trinajstić information content (AvgIpc) is 2.39. The highest BCUT2D eigenvalue weighted by atomic mass is 16.5. The molecule has 0 radical (unpaired) electrons. The fourth-order valence-corrected chi connectivity index (χ4v) is 1.88. The van der Waals surface area contributed by atoms with E-state index >= 15 is 0 Å². The normalized spacial score (nSPS) is 11.9. The highest BCUT2D eigenvalue weighted by Gasteiger charge is 2.04. The summed E-state index contributed by atoms with van der Waals surface area (Å²) in [7, 11) is 0. The molecule has 0 saturated carbocycles. The van der Waals surface area contributed by atoms with Crippen molar-refractivity contribution in [2.24, 2.45) is 0 Å². The van der Waals surface area contributed by atoms with E-state index in [4.69, 9.17) is 4.74 Å². The second kappa shape index (κ2) is 8.76. The summed E-state index contributed by atoms with van der Waals surface area (Å²) in [6.45, 7) is 10.5. The lowest BCUT2D eigenvalue weighted by molar-refractivity contribution is 0.242. The Labute approximate surface area is 117 Å². The van der Waals surface area contributed by atoms with Gasteiger partial charge in [-0.05, 0) is 39.3 Å². The highest BCUT2D eigenvalue weighted by Crippen LogP contribution is 2.22. The van der Waals surface area contributed by atoms with Gasteiger partial charge in [0.05, 0.1) is 6.10 Å². The minimum atomic E-state index is 0.206. The molecule has 19 heavy (non-hydrogen) atoms. The number of hydrogen-bond donors (Lipinski definition) is 1. The van der Waals surface area contributed by atoms with E-state index in [0.29, 0.717) is 0 Å². The summed E-state index contributed by atoms with van der Waals surface area (Å²) in [6.07, 6.45) is 4.69. The lowest BCUT2D eigenvalue weighted by Crippen LogP contribution is -2.17. The molecule has 1 N–H and O–H groups in total. The third kappa shape index (κ3) is 5.93. The molecular formula is C17H27NO. The number of para-hydroxylation sites is 1. The summed E-state index contributed by atoms with van der Waals surface area (Å²) in [6, 6.07) is 8.24. The van der Waals surface area contributed by atoms with Gasteiger partial charge in [-0.25, -0.2) is 0 Å². The van der Waals surface area contributed by atoms with Gasteiger partial charge >= 0.3 is 0 Å². The molecule has 106 valence electrons. The van der Waals surface area contributed by atoms with Crippen molar-refractivity contribution in [2.75, 3.05) is 13.1 Å². The van der Waals surface area contributed by atoms with Gasteiger partial charge in [-0.3, -0.25) is 0 Å². The van der Waals surface area contributed by atoms with Gasteiger partial charge in [-0.2, -0.15) is 0 Å². The van der Waals surface area contributed by atoms with Gasteiger partial charge in [0.2, 0.25) is 0 Å². The summed E-state index contributed by atoms with van der Waals surface area (Å²) in [4.78, 5) is 0. The monoisotopic (exact) mass is 261 g/mol. The molecule has 1 aromatic rings. The third-order valence-corrected chi connectivity index (χ3v) is 2.87. The Kier molecular flexibility index (Phi) is 7.27. The minimum Gasteiger partial charge on any atom is -0.490 e. The van der Waals surface area contributed by atoms with Crippen molar-refractivity contribution in [2.45, 2.75) is 46.6 Å². The summed E-state index contributed by atoms with van der Waals surface area (Å²) in [5, 5.41) is 3.46. The fraction of sp³-hybridized carbons (Fsp3) is 0.529. The topological polar surface area (TPSA) is 21.3 Å². The molecule has 2 nitrogen and oxygen atoms in total. The number of rotatable bonds is 8. The molecule has 0 aliphatic heterocycles. The molecule has 1 aromatic carbocycles. The largest absolute Gasteiger partial charge is 0.490 e. The SMILES string of the molecule is CCCNCC(=Cc1ccccc1OC(C)C)CC. The Bertz CT molecular complexity index is 396. The van der Waals surface area contributed by atoms with E-state index in [0.717, 1.165) is 25.3 Å². The number of benzene rings is 1. The van der Waals surface area contributed by atoms with Crippen LogP contribution in [-0.4, -0.2) is 19.2 Å². The van der Waals surface area contributed by atoms with E-state index in [-0.39, 0.29) is 6.10 Å². The van der Waals surface area contributed by atoms with E-state index in [2.05, 4.69) is 51.2 Å². The molecule has 2 heteroatoms. The molecule has 0 unspecified atom stereocenters. The molecule has 0 aliphatic carbocycles. The predicted molar refractivity (Wildman–Crippen MR) is 83.6 cm³/mol. The van der Waals surface area contributed by atoms with Crippen molar-refractivity contribution in [1.29, 1.82) is 0 Å². The van der Waals surface area contributed by atoms with Gasteiger partial charge in [-0.15, -0.1) is 0 Å². The Morgan fingerprint density at radius 1 is 1.26 bits per heavy atom. The highest BCUT2D eigenvalue weighted by molar-refractivity contribution is 5.60. The summed E-state index contributed by atoms with van der Waals surface area (Å²) >= 11 is 0. The van der Waals surface area contributed by atoms with Gasteiger partial charge in [0.25, 0.3) is 0 Å². The Morgan fingerprint density at radius 2 is 2.00 bits per heavy atom. The van der Waals surface area contributed by atoms with Crippen molar-refractivity contribution in [3.05, 3.63) is 35.4 Å². The third-order valence-electron chi connectivity index (χ3n) is 2.87. The zero-order valence-corrected chi connectivity index (χ0v) is 12.7. The van der Waals surface area contributed by atoms with Gasteiger partial charge < -0.3 is 10.1 Å². The molecule has 0 bridgehead atoms. The summed E-state index contributed by atoms with van der Waals surface area (Å²) in [5.74, 6) is 0.971. The van der Waals surface area contributed by atoms with Crippen molar-refractivity contribution in [3.63, 3.8) is 0 Å². The molecular weight excluding hydrogens is 234 g/mol. The van der Waals surface area contributed by atoms with Crippen LogP contribution in [0.3, 0.4) is 0 Å². The number of ether oxygens (including phenoxy) is 1. The molecule has 0 heterocycles. The molecule has 0 atom stereocenters. The Balaban J connectivity index is 2.81. The second-order valence-corrected chi connectivity index (χ2v) is 5.04. The zero-order chi connectivity index (χ0) is 14.1. The average molecular weight is 261 g/mol. The van der Waals surface area contributed by atoms with E-state index in [9.17, 15) is 0 Å². The van der Waals surface area contributed by atoms with Gasteiger partial charge in [-0.1, -0.05) is 43.7 Å². The van der Waals surface area contributed by atoms with Crippen molar-refractivity contribution >= 4 is 6.08 Å². The predicted octanol–water partition coefficient (Wildman–Crippen LogP) is 4.27. The molecule has 0 aliphatic rings. The maximum atomic E-state index is 5.85. The van der Waals surface area contributed by atoms with E-state index < -0.39 is 0 Å². The number of nitrogens with one attached hydrogen (secondary N) is 1. The fourth-order valence-electron chi connectivity index (χ4n) is 1.88. The van der Waals surface area contributed by atoms with Gasteiger partial charge in [0, 0.05) is 12.1 Å². The molecule has 0 saturated heterocycles. The Morgan fingerprint density at radius 3 is 2.63 bits per heavy atom. The van der Waals surface area contributed by atoms with Crippen LogP contribution in [0.2, 0.25) is 0 Å². The van der Waals surface area contributed by atoms with E-state index in [1.54, 1.807) is 0 Å². The van der Waals surface area contributed by atoms with Crippen LogP contribution in [-0.2, 0) is 0 Å². The molecule has 0 fully saturated rings. The molecule has 0 aromatic heterocycles. The summed E-state index contributed by atoms with van der Waals surface area (Å²) in [5.41, 5.74) is 2.58. The van der Waals surface area contributed by atoms with Crippen LogP contribution in [0.4, 0.5) is 0 Å². The van der Waals surface area contributed by atoms with Crippen molar-refractivity contribution in [3.8, 4) is 5.75 Å². The molecule has 0 spiro atoms. The first-order valence-electron chi connectivity index (χ1n) is 7.33. The van der Waals surface area contributed by atoms with Crippen LogP contribution < -0.4 is 10.1 Å². The Hall–Kier alpha value is -1.28. The number of hydrogen-bond acceptors (Lipinski definition) is 2.